The maximum atomic E-state index is 13.1. The van der Waals surface area contributed by atoms with Crippen LogP contribution in [0.1, 0.15) is 44.1 Å². The quantitative estimate of drug-likeness (QED) is 0.700. The second-order valence-electron chi connectivity index (χ2n) is 9.61. The van der Waals surface area contributed by atoms with E-state index >= 15 is 0 Å². The molecule has 1 saturated carbocycles. The minimum atomic E-state index is -0.459. The lowest BCUT2D eigenvalue weighted by molar-refractivity contribution is -0.135. The molecule has 2 bridgehead atoms. The first kappa shape index (κ1) is 20.0. The molecule has 1 aromatic carbocycles. The number of nitriles is 1. The molecular formula is C24H32N4O2. The number of rotatable bonds is 7. The van der Waals surface area contributed by atoms with E-state index in [0.717, 1.165) is 38.8 Å². The molecule has 4 aliphatic rings. The summed E-state index contributed by atoms with van der Waals surface area (Å²) in [6.07, 6.45) is 6.25. The molecule has 1 aromatic rings. The van der Waals surface area contributed by atoms with Crippen molar-refractivity contribution in [1.29, 1.82) is 5.26 Å². The predicted molar refractivity (Wildman–Crippen MR) is 113 cm³/mol. The number of carbonyl (C=O) groups excluding carboxylic acids is 1. The zero-order valence-electron chi connectivity index (χ0n) is 17.5. The second kappa shape index (κ2) is 8.30. The molecule has 6 nitrogen and oxygen atoms in total. The Bertz CT molecular complexity index is 795. The Morgan fingerprint density at radius 3 is 2.60 bits per heavy atom. The Morgan fingerprint density at radius 1 is 1.17 bits per heavy atom. The van der Waals surface area contributed by atoms with Crippen LogP contribution >= 0.6 is 0 Å². The number of benzene rings is 1. The van der Waals surface area contributed by atoms with Crippen LogP contribution in [0.3, 0.4) is 0 Å². The summed E-state index contributed by atoms with van der Waals surface area (Å²) in [5.41, 5.74) is 7.72. The standard InChI is InChI=1S/C24H32N4O2/c25-14-21-10-17-13-22(17)28(21)24(29)23(26)18-11-19-6-7-20(12-18)27(19)8-9-30-15-16-4-2-1-3-5-16/h1-5,17-23H,6-13,15,26H2/t17-,18?,19?,20?,21+,22+,23+/m1/s1. The van der Waals surface area contributed by atoms with E-state index in [1.807, 2.05) is 23.1 Å². The number of carbonyl (C=O) groups is 1. The second-order valence-corrected chi connectivity index (χ2v) is 9.61. The highest BCUT2D eigenvalue weighted by Gasteiger charge is 2.55. The van der Waals surface area contributed by atoms with Crippen LogP contribution in [0.25, 0.3) is 0 Å². The molecule has 3 heterocycles. The number of likely N-dealkylation sites (tertiary alicyclic amines) is 1. The molecule has 30 heavy (non-hydrogen) atoms. The van der Waals surface area contributed by atoms with E-state index in [0.29, 0.717) is 24.6 Å². The summed E-state index contributed by atoms with van der Waals surface area (Å²) in [5, 5.41) is 9.42. The van der Waals surface area contributed by atoms with Gasteiger partial charge in [0.1, 0.15) is 6.04 Å². The molecule has 6 atom stereocenters. The fourth-order valence-electron chi connectivity index (χ4n) is 6.17. The Labute approximate surface area is 179 Å². The summed E-state index contributed by atoms with van der Waals surface area (Å²) >= 11 is 0. The van der Waals surface area contributed by atoms with Gasteiger partial charge in [-0.1, -0.05) is 30.3 Å². The first-order valence-electron chi connectivity index (χ1n) is 11.5. The predicted octanol–water partition coefficient (Wildman–Crippen LogP) is 2.29. The zero-order chi connectivity index (χ0) is 20.7. The van der Waals surface area contributed by atoms with Gasteiger partial charge in [0.15, 0.2) is 0 Å². The van der Waals surface area contributed by atoms with Crippen molar-refractivity contribution in [2.24, 2.45) is 17.6 Å². The van der Waals surface area contributed by atoms with Gasteiger partial charge in [-0.2, -0.15) is 5.26 Å². The molecule has 3 aliphatic heterocycles. The molecule has 2 unspecified atom stereocenters. The third-order valence-electron chi connectivity index (χ3n) is 7.83. The maximum absolute atomic E-state index is 13.1. The van der Waals surface area contributed by atoms with Gasteiger partial charge in [-0.15, -0.1) is 0 Å². The number of hydrogen-bond acceptors (Lipinski definition) is 5. The van der Waals surface area contributed by atoms with Gasteiger partial charge in [-0.3, -0.25) is 9.69 Å². The minimum absolute atomic E-state index is 0.0237. The van der Waals surface area contributed by atoms with Gasteiger partial charge in [-0.25, -0.2) is 0 Å². The lowest BCUT2D eigenvalue weighted by Crippen LogP contribution is -2.54. The van der Waals surface area contributed by atoms with E-state index in [1.54, 1.807) is 0 Å². The summed E-state index contributed by atoms with van der Waals surface area (Å²) in [6, 6.07) is 13.2. The topological polar surface area (TPSA) is 82.6 Å². The van der Waals surface area contributed by atoms with Crippen molar-refractivity contribution in [3.8, 4) is 6.07 Å². The van der Waals surface area contributed by atoms with Crippen molar-refractivity contribution in [2.45, 2.75) is 75.3 Å². The van der Waals surface area contributed by atoms with Gasteiger partial charge in [0, 0.05) is 24.7 Å². The molecular weight excluding hydrogens is 376 g/mol. The lowest BCUT2D eigenvalue weighted by atomic mass is 9.84. The normalized spacial score (nSPS) is 35.7. The summed E-state index contributed by atoms with van der Waals surface area (Å²) in [7, 11) is 0. The van der Waals surface area contributed by atoms with Gasteiger partial charge >= 0.3 is 0 Å². The third kappa shape index (κ3) is 3.75. The Balaban J connectivity index is 1.13. The lowest BCUT2D eigenvalue weighted by Gasteiger charge is -2.41. The Morgan fingerprint density at radius 2 is 1.90 bits per heavy atom. The van der Waals surface area contributed by atoms with Crippen molar-refractivity contribution >= 4 is 5.91 Å². The molecule has 1 amide bonds. The van der Waals surface area contributed by atoms with E-state index in [9.17, 15) is 10.1 Å². The van der Waals surface area contributed by atoms with E-state index in [2.05, 4.69) is 23.1 Å². The van der Waals surface area contributed by atoms with Gasteiger partial charge in [-0.05, 0) is 55.9 Å². The molecule has 3 saturated heterocycles. The Kier molecular flexibility index (Phi) is 5.53. The highest BCUT2D eigenvalue weighted by molar-refractivity contribution is 5.84. The molecule has 0 aromatic heterocycles. The van der Waals surface area contributed by atoms with Gasteiger partial charge in [0.2, 0.25) is 5.91 Å². The maximum Gasteiger partial charge on any atom is 0.241 e. The van der Waals surface area contributed by atoms with Crippen LogP contribution in [0.4, 0.5) is 0 Å². The molecule has 0 radical (unpaired) electrons. The van der Waals surface area contributed by atoms with Crippen LogP contribution in [0, 0.1) is 23.2 Å². The minimum Gasteiger partial charge on any atom is -0.375 e. The van der Waals surface area contributed by atoms with Crippen LogP contribution in [0.2, 0.25) is 0 Å². The van der Waals surface area contributed by atoms with Crippen LogP contribution in [0.15, 0.2) is 30.3 Å². The average Bonchev–Trinajstić information content (AvgIpc) is 3.38. The smallest absolute Gasteiger partial charge is 0.241 e. The largest absolute Gasteiger partial charge is 0.375 e. The SMILES string of the molecule is N#C[C@@H]1C[C@@H]2C[C@@H]2N1C(=O)[C@@H](N)C1CC2CCC(C1)N2CCOCc1ccccc1. The van der Waals surface area contributed by atoms with E-state index in [-0.39, 0.29) is 23.9 Å². The number of piperidine rings is 2. The molecule has 5 rings (SSSR count). The highest BCUT2D eigenvalue weighted by Crippen LogP contribution is 2.48. The van der Waals surface area contributed by atoms with Crippen LogP contribution in [-0.4, -0.2) is 59.1 Å². The fourth-order valence-corrected chi connectivity index (χ4v) is 6.17. The summed E-state index contributed by atoms with van der Waals surface area (Å²) in [4.78, 5) is 17.5. The number of fused-ring (bicyclic) bond motifs is 3. The Hall–Kier alpha value is -1.94. The fraction of sp³-hybridized carbons (Fsp3) is 0.667. The molecule has 4 fully saturated rings. The van der Waals surface area contributed by atoms with Crippen molar-refractivity contribution in [2.75, 3.05) is 13.2 Å². The van der Waals surface area contributed by atoms with Gasteiger partial charge in [0.25, 0.3) is 0 Å². The van der Waals surface area contributed by atoms with E-state index in [1.165, 1.54) is 18.4 Å². The molecule has 1 aliphatic carbocycles. The number of ether oxygens (including phenoxy) is 1. The molecule has 6 heteroatoms. The summed E-state index contributed by atoms with van der Waals surface area (Å²) in [6.45, 7) is 2.34. The van der Waals surface area contributed by atoms with E-state index in [4.69, 9.17) is 10.5 Å². The summed E-state index contributed by atoms with van der Waals surface area (Å²) in [5.74, 6) is 0.795. The van der Waals surface area contributed by atoms with E-state index < -0.39 is 6.04 Å². The number of amides is 1. The van der Waals surface area contributed by atoms with Crippen molar-refractivity contribution in [1.82, 2.24) is 9.80 Å². The van der Waals surface area contributed by atoms with Crippen molar-refractivity contribution in [3.05, 3.63) is 35.9 Å². The molecule has 2 N–H and O–H groups in total. The van der Waals surface area contributed by atoms with Crippen molar-refractivity contribution in [3.63, 3.8) is 0 Å². The van der Waals surface area contributed by atoms with Gasteiger partial charge in [0.05, 0.1) is 25.3 Å². The van der Waals surface area contributed by atoms with Crippen molar-refractivity contribution < 1.29 is 9.53 Å². The first-order chi connectivity index (χ1) is 14.7. The van der Waals surface area contributed by atoms with Crippen LogP contribution in [-0.2, 0) is 16.1 Å². The monoisotopic (exact) mass is 408 g/mol. The number of nitrogens with two attached hydrogens (primary N) is 1. The van der Waals surface area contributed by atoms with Gasteiger partial charge < -0.3 is 15.4 Å². The van der Waals surface area contributed by atoms with Crippen LogP contribution in [0.5, 0.6) is 0 Å². The third-order valence-corrected chi connectivity index (χ3v) is 7.83. The average molecular weight is 409 g/mol. The summed E-state index contributed by atoms with van der Waals surface area (Å²) < 4.78 is 5.91. The highest BCUT2D eigenvalue weighted by atomic mass is 16.5. The molecule has 160 valence electrons. The van der Waals surface area contributed by atoms with Crippen LogP contribution < -0.4 is 5.73 Å². The number of hydrogen-bond donors (Lipinski definition) is 1. The first-order valence-corrected chi connectivity index (χ1v) is 11.5. The number of nitrogens with zero attached hydrogens (tertiary/aromatic N) is 3. The zero-order valence-corrected chi connectivity index (χ0v) is 17.5. The molecule has 0 spiro atoms.